The van der Waals surface area contributed by atoms with Gasteiger partial charge in [-0.05, 0) is 11.6 Å². The first kappa shape index (κ1) is 10.6. The summed E-state index contributed by atoms with van der Waals surface area (Å²) in [6, 6.07) is 2.33. The van der Waals surface area contributed by atoms with Gasteiger partial charge in [-0.3, -0.25) is 0 Å². The highest BCUT2D eigenvalue weighted by Gasteiger charge is 2.28. The minimum absolute atomic E-state index is 0.235. The maximum Gasteiger partial charge on any atom is 0.510 e. The summed E-state index contributed by atoms with van der Waals surface area (Å²) >= 11 is 0. The van der Waals surface area contributed by atoms with Gasteiger partial charge in [0.1, 0.15) is 5.82 Å². The molecule has 0 spiro atoms. The molecule has 14 heavy (non-hydrogen) atoms. The summed E-state index contributed by atoms with van der Waals surface area (Å²) in [5, 5.41) is 2.97. The first-order valence-corrected chi connectivity index (χ1v) is 3.68. The number of nitrogens with zero attached hydrogens (tertiary/aromatic N) is 1. The molecule has 0 aliphatic rings. The van der Waals surface area contributed by atoms with Gasteiger partial charge in [-0.25, -0.2) is 4.39 Å². The number of hydrogen-bond acceptors (Lipinski definition) is 2. The van der Waals surface area contributed by atoms with Crippen LogP contribution in [0.1, 0.15) is 5.56 Å². The molecule has 1 aromatic carbocycles. The first-order chi connectivity index (χ1) is 6.45. The van der Waals surface area contributed by atoms with Gasteiger partial charge in [0.25, 0.3) is 0 Å². The molecule has 7 heteroatoms. The van der Waals surface area contributed by atoms with E-state index in [2.05, 4.69) is 5.10 Å². The van der Waals surface area contributed by atoms with E-state index >= 15 is 0 Å². The number of nitrogens with two attached hydrogens (primary N) is 1. The fourth-order valence-corrected chi connectivity index (χ4v) is 1.03. The average Bonchev–Trinajstić information content (AvgIpc) is 2.07. The Bertz CT molecular complexity index is 361. The molecule has 0 fully saturated rings. The second kappa shape index (κ2) is 3.69. The summed E-state index contributed by atoms with van der Waals surface area (Å²) < 4.78 is 49.6. The summed E-state index contributed by atoms with van der Waals surface area (Å²) in [6.45, 7) is -5.25. The number of hydrazone groups is 1. The summed E-state index contributed by atoms with van der Waals surface area (Å²) in [6.07, 6.45) is 0.837. The van der Waals surface area contributed by atoms with Crippen molar-refractivity contribution < 1.29 is 17.3 Å². The zero-order valence-electron chi connectivity index (χ0n) is 6.92. The molecule has 0 saturated carbocycles. The van der Waals surface area contributed by atoms with Crippen molar-refractivity contribution in [1.82, 2.24) is 0 Å². The van der Waals surface area contributed by atoms with E-state index in [1.807, 2.05) is 0 Å². The van der Waals surface area contributed by atoms with Gasteiger partial charge in [-0.15, -0.1) is 0 Å². The summed E-state index contributed by atoms with van der Waals surface area (Å²) in [4.78, 5) is 0. The Morgan fingerprint density at radius 2 is 1.93 bits per heavy atom. The number of hydrogen-bond donors (Lipinski definition) is 1. The average molecular weight is 205 g/mol. The Balaban J connectivity index is 3.30. The molecule has 0 atom stereocenters. The Kier molecular flexibility index (Phi) is 2.78. The molecule has 0 aliphatic carbocycles. The molecule has 0 heterocycles. The van der Waals surface area contributed by atoms with Crippen LogP contribution in [0.5, 0.6) is 0 Å². The van der Waals surface area contributed by atoms with Gasteiger partial charge in [0.15, 0.2) is 0 Å². The van der Waals surface area contributed by atoms with Crippen molar-refractivity contribution in [3.8, 4) is 0 Å². The molecule has 2 nitrogen and oxygen atoms in total. The molecule has 0 unspecified atom stereocenters. The molecule has 0 aliphatic heterocycles. The van der Waals surface area contributed by atoms with E-state index in [0.717, 1.165) is 18.3 Å². The van der Waals surface area contributed by atoms with Gasteiger partial charge in [0, 0.05) is 0 Å². The predicted molar refractivity (Wildman–Crippen MR) is 46.9 cm³/mol. The lowest BCUT2D eigenvalue weighted by Crippen LogP contribution is -2.37. The molecule has 2 N–H and O–H groups in total. The van der Waals surface area contributed by atoms with Crippen molar-refractivity contribution >= 4 is 18.7 Å². The topological polar surface area (TPSA) is 38.4 Å². The largest absolute Gasteiger partial charge is 0.510 e. The Morgan fingerprint density at radius 1 is 1.29 bits per heavy atom. The highest BCUT2D eigenvalue weighted by molar-refractivity contribution is 6.74. The molecule has 76 valence electrons. The van der Waals surface area contributed by atoms with Crippen LogP contribution in [-0.4, -0.2) is 13.2 Å². The van der Waals surface area contributed by atoms with Crippen LogP contribution in [0.4, 0.5) is 17.3 Å². The summed E-state index contributed by atoms with van der Waals surface area (Å²) in [5.41, 5.74) is -1.26. The van der Waals surface area contributed by atoms with Gasteiger partial charge < -0.3 is 18.8 Å². The van der Waals surface area contributed by atoms with Gasteiger partial charge in [-0.2, -0.15) is 5.10 Å². The minimum Gasteiger partial charge on any atom is -0.445 e. The number of rotatable bonds is 2. The maximum absolute atomic E-state index is 12.6. The quantitative estimate of drug-likeness (QED) is 0.254. The van der Waals surface area contributed by atoms with Crippen molar-refractivity contribution in [2.24, 2.45) is 10.9 Å². The highest BCUT2D eigenvalue weighted by Crippen LogP contribution is 2.12. The van der Waals surface area contributed by atoms with Crippen LogP contribution >= 0.6 is 0 Å². The van der Waals surface area contributed by atoms with Crippen LogP contribution in [0.3, 0.4) is 0 Å². The fourth-order valence-electron chi connectivity index (χ4n) is 1.03. The van der Waals surface area contributed by atoms with Crippen LogP contribution in [0.2, 0.25) is 0 Å². The Hall–Kier alpha value is -1.53. The van der Waals surface area contributed by atoms with Crippen molar-refractivity contribution in [2.45, 2.75) is 0 Å². The van der Waals surface area contributed by atoms with E-state index in [9.17, 15) is 17.3 Å². The van der Waals surface area contributed by atoms with Gasteiger partial charge in [0.05, 0.1) is 6.21 Å². The standard InChI is InChI=1S/C7H6BF4N2/c9-6-2-1-5(4-14-13)7(3-6)8(10,11)12/h1-4H,13H2/q-1. The monoisotopic (exact) mass is 205 g/mol. The van der Waals surface area contributed by atoms with E-state index in [4.69, 9.17) is 5.84 Å². The zero-order chi connectivity index (χ0) is 10.8. The van der Waals surface area contributed by atoms with Gasteiger partial charge >= 0.3 is 6.98 Å². The SMILES string of the molecule is NN=Cc1ccc(F)cc1[B-](F)(F)F. The smallest absolute Gasteiger partial charge is 0.445 e. The highest BCUT2D eigenvalue weighted by atomic mass is 19.4. The Morgan fingerprint density at radius 3 is 2.43 bits per heavy atom. The van der Waals surface area contributed by atoms with Gasteiger partial charge in [-0.1, -0.05) is 17.6 Å². The van der Waals surface area contributed by atoms with Crippen LogP contribution in [-0.2, 0) is 0 Å². The molecule has 0 bridgehead atoms. The van der Waals surface area contributed by atoms with Crippen molar-refractivity contribution in [3.05, 3.63) is 29.6 Å². The third kappa shape index (κ3) is 2.24. The maximum atomic E-state index is 12.6. The minimum atomic E-state index is -5.25. The zero-order valence-corrected chi connectivity index (χ0v) is 6.92. The van der Waals surface area contributed by atoms with Gasteiger partial charge in [0.2, 0.25) is 0 Å². The van der Waals surface area contributed by atoms with E-state index in [1.165, 1.54) is 0 Å². The molecule has 0 radical (unpaired) electrons. The lowest BCUT2D eigenvalue weighted by molar-refractivity contribution is 0.500. The van der Waals surface area contributed by atoms with Crippen molar-refractivity contribution in [1.29, 1.82) is 0 Å². The third-order valence-electron chi connectivity index (χ3n) is 1.62. The van der Waals surface area contributed by atoms with Crippen LogP contribution in [0.15, 0.2) is 23.3 Å². The molecular weight excluding hydrogens is 199 g/mol. The normalized spacial score (nSPS) is 12.3. The molecule has 1 aromatic rings. The third-order valence-corrected chi connectivity index (χ3v) is 1.62. The first-order valence-electron chi connectivity index (χ1n) is 3.68. The van der Waals surface area contributed by atoms with E-state index in [0.29, 0.717) is 6.07 Å². The molecule has 1 rings (SSSR count). The van der Waals surface area contributed by atoms with E-state index in [1.54, 1.807) is 0 Å². The van der Waals surface area contributed by atoms with E-state index in [-0.39, 0.29) is 5.56 Å². The summed E-state index contributed by atoms with van der Waals surface area (Å²) in [7, 11) is 0. The van der Waals surface area contributed by atoms with Crippen LogP contribution in [0, 0.1) is 5.82 Å². The predicted octanol–water partition coefficient (Wildman–Crippen LogP) is 1.17. The number of benzene rings is 1. The fraction of sp³-hybridized carbons (Fsp3) is 0. The van der Waals surface area contributed by atoms with Crippen LogP contribution in [0.25, 0.3) is 0 Å². The second-order valence-electron chi connectivity index (χ2n) is 2.63. The van der Waals surface area contributed by atoms with E-state index < -0.39 is 18.3 Å². The molecule has 0 aromatic heterocycles. The second-order valence-corrected chi connectivity index (χ2v) is 2.63. The molecular formula is C7H6BF4N2-. The lowest BCUT2D eigenvalue weighted by atomic mass is 9.77. The Labute approximate surface area is 77.5 Å². The van der Waals surface area contributed by atoms with Crippen molar-refractivity contribution in [2.75, 3.05) is 0 Å². The van der Waals surface area contributed by atoms with Crippen LogP contribution < -0.4 is 11.3 Å². The molecule has 0 saturated heterocycles. The van der Waals surface area contributed by atoms with Crippen molar-refractivity contribution in [3.63, 3.8) is 0 Å². The summed E-state index contributed by atoms with van der Waals surface area (Å²) in [5.74, 6) is 3.79. The molecule has 0 amide bonds. The number of halogens is 4. The lowest BCUT2D eigenvalue weighted by Gasteiger charge is -2.17.